The van der Waals surface area contributed by atoms with Gasteiger partial charge in [0, 0.05) is 0 Å². The first-order valence-electron chi connectivity index (χ1n) is 3.48. The molecule has 1 aliphatic rings. The van der Waals surface area contributed by atoms with Gasteiger partial charge in [-0.2, -0.15) is 15.4 Å². The molecule has 1 aliphatic heterocycles. The van der Waals surface area contributed by atoms with Crippen LogP contribution >= 0.6 is 0 Å². The van der Waals surface area contributed by atoms with Crippen LogP contribution in [0.2, 0.25) is 0 Å². The summed E-state index contributed by atoms with van der Waals surface area (Å²) in [6.45, 7) is 3.14. The van der Waals surface area contributed by atoms with Gasteiger partial charge >= 0.3 is 0 Å². The maximum Gasteiger partial charge on any atom is 0.205 e. The number of ether oxygens (including phenoxy) is 2. The summed E-state index contributed by atoms with van der Waals surface area (Å²) in [6, 6.07) is 0. The highest BCUT2D eigenvalue weighted by Crippen LogP contribution is 2.22. The molecule has 0 spiro atoms. The molecule has 0 amide bonds. The summed E-state index contributed by atoms with van der Waals surface area (Å²) >= 11 is 0. The molecule has 0 atom stereocenters. The third-order valence-corrected chi connectivity index (χ3v) is 1.60. The van der Waals surface area contributed by atoms with Crippen molar-refractivity contribution in [3.8, 4) is 0 Å². The van der Waals surface area contributed by atoms with Gasteiger partial charge < -0.3 is 9.47 Å². The van der Waals surface area contributed by atoms with E-state index in [-0.39, 0.29) is 6.29 Å². The Morgan fingerprint density at radius 3 is 2.64 bits per heavy atom. The highest BCUT2D eigenvalue weighted by atomic mass is 16.7. The highest BCUT2D eigenvalue weighted by molar-refractivity contribution is 5.07. The first kappa shape index (κ1) is 6.75. The molecule has 5 heteroatoms. The molecule has 0 unspecified atom stereocenters. The Hall–Kier alpha value is -0.940. The quantitative estimate of drug-likeness (QED) is 0.627. The minimum Gasteiger partial charge on any atom is -0.345 e. The molecule has 0 aromatic carbocycles. The molecule has 5 nitrogen and oxygen atoms in total. The van der Waals surface area contributed by atoms with E-state index in [4.69, 9.17) is 9.47 Å². The van der Waals surface area contributed by atoms with Gasteiger partial charge in [-0.15, -0.1) is 0 Å². The van der Waals surface area contributed by atoms with Crippen LogP contribution in [0.4, 0.5) is 0 Å². The lowest BCUT2D eigenvalue weighted by Gasteiger charge is -2.03. The number of nitrogens with zero attached hydrogens (tertiary/aromatic N) is 2. The summed E-state index contributed by atoms with van der Waals surface area (Å²) in [7, 11) is 0. The average Bonchev–Trinajstić information content (AvgIpc) is 2.55. The second-order valence-electron chi connectivity index (χ2n) is 2.37. The molecule has 0 aliphatic carbocycles. The summed E-state index contributed by atoms with van der Waals surface area (Å²) in [5, 5.41) is 10.3. The van der Waals surface area contributed by atoms with Crippen LogP contribution < -0.4 is 0 Å². The van der Waals surface area contributed by atoms with Crippen molar-refractivity contribution in [3.63, 3.8) is 0 Å². The van der Waals surface area contributed by atoms with Gasteiger partial charge in [-0.3, -0.25) is 0 Å². The normalized spacial score (nSPS) is 19.4. The second kappa shape index (κ2) is 2.60. The van der Waals surface area contributed by atoms with Crippen molar-refractivity contribution >= 4 is 0 Å². The molecule has 1 fully saturated rings. The van der Waals surface area contributed by atoms with Crippen LogP contribution in [0, 0.1) is 6.92 Å². The van der Waals surface area contributed by atoms with E-state index in [1.807, 2.05) is 6.92 Å². The van der Waals surface area contributed by atoms with E-state index in [1.165, 1.54) is 0 Å². The molecule has 11 heavy (non-hydrogen) atoms. The van der Waals surface area contributed by atoms with Crippen LogP contribution in [0.3, 0.4) is 0 Å². The van der Waals surface area contributed by atoms with Gasteiger partial charge in [0.05, 0.1) is 18.9 Å². The van der Waals surface area contributed by atoms with E-state index in [0.29, 0.717) is 13.2 Å². The highest BCUT2D eigenvalue weighted by Gasteiger charge is 2.22. The van der Waals surface area contributed by atoms with Gasteiger partial charge in [-0.25, -0.2) is 0 Å². The van der Waals surface area contributed by atoms with Gasteiger partial charge in [0.25, 0.3) is 0 Å². The van der Waals surface area contributed by atoms with E-state index in [1.54, 1.807) is 0 Å². The number of H-pyrrole nitrogens is 1. The summed E-state index contributed by atoms with van der Waals surface area (Å²) in [6.07, 6.45) is -0.311. The lowest BCUT2D eigenvalue weighted by molar-refractivity contribution is -0.0477. The smallest absolute Gasteiger partial charge is 0.205 e. The molecule has 60 valence electrons. The molecular formula is C6H9N3O2. The number of aromatic amines is 1. The lowest BCUT2D eigenvalue weighted by Crippen LogP contribution is -2.00. The van der Waals surface area contributed by atoms with Crippen molar-refractivity contribution < 1.29 is 9.47 Å². The summed E-state index contributed by atoms with van der Waals surface area (Å²) < 4.78 is 10.5. The van der Waals surface area contributed by atoms with Gasteiger partial charge in [0.2, 0.25) is 6.29 Å². The van der Waals surface area contributed by atoms with Crippen LogP contribution in [0.1, 0.15) is 17.7 Å². The molecule has 0 bridgehead atoms. The standard InChI is InChI=1S/C6H9N3O2/c1-4-5(8-9-7-4)6-10-2-3-11-6/h6H,2-3H2,1H3,(H,7,8,9). The molecule has 1 saturated heterocycles. The van der Waals surface area contributed by atoms with Crippen LogP contribution in [0.5, 0.6) is 0 Å². The van der Waals surface area contributed by atoms with E-state index in [9.17, 15) is 0 Å². The SMILES string of the molecule is Cc1n[nH]nc1C1OCCO1. The molecule has 2 rings (SSSR count). The maximum absolute atomic E-state index is 5.23. The van der Waals surface area contributed by atoms with E-state index < -0.39 is 0 Å². The number of aromatic nitrogens is 3. The Labute approximate surface area is 63.7 Å². The zero-order valence-electron chi connectivity index (χ0n) is 6.20. The fourth-order valence-electron chi connectivity index (χ4n) is 1.03. The van der Waals surface area contributed by atoms with Crippen LogP contribution in [-0.4, -0.2) is 28.6 Å². The van der Waals surface area contributed by atoms with Crippen molar-refractivity contribution in [2.45, 2.75) is 13.2 Å². The van der Waals surface area contributed by atoms with Gasteiger partial charge in [0.15, 0.2) is 0 Å². The fraction of sp³-hybridized carbons (Fsp3) is 0.667. The second-order valence-corrected chi connectivity index (χ2v) is 2.37. The largest absolute Gasteiger partial charge is 0.345 e. The van der Waals surface area contributed by atoms with E-state index >= 15 is 0 Å². The first-order valence-corrected chi connectivity index (χ1v) is 3.48. The number of hydrogen-bond acceptors (Lipinski definition) is 4. The number of nitrogens with one attached hydrogen (secondary N) is 1. The van der Waals surface area contributed by atoms with E-state index in [2.05, 4.69) is 15.4 Å². The zero-order valence-corrected chi connectivity index (χ0v) is 6.20. The Kier molecular flexibility index (Phi) is 1.59. The number of rotatable bonds is 1. The van der Waals surface area contributed by atoms with Crippen molar-refractivity contribution in [2.24, 2.45) is 0 Å². The summed E-state index contributed by atoms with van der Waals surface area (Å²) in [4.78, 5) is 0. The Balaban J connectivity index is 2.21. The predicted octanol–water partition coefficient (Wildman–Crippen LogP) is 0.159. The van der Waals surface area contributed by atoms with Crippen LogP contribution in [0.25, 0.3) is 0 Å². The zero-order chi connectivity index (χ0) is 7.68. The molecule has 0 saturated carbocycles. The summed E-state index contributed by atoms with van der Waals surface area (Å²) in [5.74, 6) is 0. The molecule has 1 aromatic heterocycles. The maximum atomic E-state index is 5.23. The first-order chi connectivity index (χ1) is 5.38. The van der Waals surface area contributed by atoms with Gasteiger partial charge in [0.1, 0.15) is 5.69 Å². The Morgan fingerprint density at radius 1 is 1.36 bits per heavy atom. The fourth-order valence-corrected chi connectivity index (χ4v) is 1.03. The predicted molar refractivity (Wildman–Crippen MR) is 35.8 cm³/mol. The van der Waals surface area contributed by atoms with Gasteiger partial charge in [-0.1, -0.05) is 0 Å². The third kappa shape index (κ3) is 1.12. The Morgan fingerprint density at radius 2 is 2.09 bits per heavy atom. The lowest BCUT2D eigenvalue weighted by atomic mass is 10.3. The third-order valence-electron chi connectivity index (χ3n) is 1.60. The molecule has 1 aromatic rings. The Bertz CT molecular complexity index is 242. The van der Waals surface area contributed by atoms with Gasteiger partial charge in [-0.05, 0) is 6.92 Å². The summed E-state index contributed by atoms with van der Waals surface area (Å²) in [5.41, 5.74) is 1.58. The molecule has 0 radical (unpaired) electrons. The molecule has 2 heterocycles. The van der Waals surface area contributed by atoms with Crippen molar-refractivity contribution in [1.29, 1.82) is 0 Å². The van der Waals surface area contributed by atoms with E-state index in [0.717, 1.165) is 11.4 Å². The van der Waals surface area contributed by atoms with Crippen molar-refractivity contribution in [1.82, 2.24) is 15.4 Å². The minimum absolute atomic E-state index is 0.311. The molecular weight excluding hydrogens is 146 g/mol. The van der Waals surface area contributed by atoms with Crippen LogP contribution in [-0.2, 0) is 9.47 Å². The monoisotopic (exact) mass is 155 g/mol. The van der Waals surface area contributed by atoms with Crippen LogP contribution in [0.15, 0.2) is 0 Å². The van der Waals surface area contributed by atoms with Crippen molar-refractivity contribution in [2.75, 3.05) is 13.2 Å². The molecule has 1 N–H and O–H groups in total. The van der Waals surface area contributed by atoms with Crippen molar-refractivity contribution in [3.05, 3.63) is 11.4 Å². The number of aryl methyl sites for hydroxylation is 1. The topological polar surface area (TPSA) is 60.0 Å². The average molecular weight is 155 g/mol. The minimum atomic E-state index is -0.311. The number of hydrogen-bond donors (Lipinski definition) is 1.